The SMILES string of the molecule is CC(C)(C)CNCc1ccccc1CS(=O)(=O)N1CCOCC1. The third-order valence-electron chi connectivity index (χ3n) is 3.79. The molecule has 1 aliphatic rings. The van der Waals surface area contributed by atoms with E-state index >= 15 is 0 Å². The van der Waals surface area contributed by atoms with E-state index < -0.39 is 10.0 Å². The van der Waals surface area contributed by atoms with Crippen molar-refractivity contribution in [1.29, 1.82) is 0 Å². The lowest BCUT2D eigenvalue weighted by Gasteiger charge is -2.26. The van der Waals surface area contributed by atoms with Gasteiger partial charge in [0.15, 0.2) is 0 Å². The quantitative estimate of drug-likeness (QED) is 0.860. The fraction of sp³-hybridized carbons (Fsp3) is 0.647. The Hall–Kier alpha value is -0.950. The molecule has 1 aliphatic heterocycles. The average molecular weight is 340 g/mol. The zero-order valence-electron chi connectivity index (χ0n) is 14.3. The van der Waals surface area contributed by atoms with Crippen LogP contribution in [0.1, 0.15) is 31.9 Å². The molecule has 2 rings (SSSR count). The number of benzene rings is 1. The van der Waals surface area contributed by atoms with E-state index in [-0.39, 0.29) is 11.2 Å². The first-order valence-corrected chi connectivity index (χ1v) is 9.72. The van der Waals surface area contributed by atoms with Crippen molar-refractivity contribution < 1.29 is 13.2 Å². The minimum atomic E-state index is -3.29. The Morgan fingerprint density at radius 3 is 2.35 bits per heavy atom. The van der Waals surface area contributed by atoms with Gasteiger partial charge in [0, 0.05) is 26.2 Å². The van der Waals surface area contributed by atoms with Crippen LogP contribution in [0.4, 0.5) is 0 Å². The lowest BCUT2D eigenvalue weighted by Crippen LogP contribution is -2.41. The molecule has 1 heterocycles. The maximum Gasteiger partial charge on any atom is 0.218 e. The number of sulfonamides is 1. The van der Waals surface area contributed by atoms with Crippen molar-refractivity contribution in [3.8, 4) is 0 Å². The summed E-state index contributed by atoms with van der Waals surface area (Å²) in [6.07, 6.45) is 0. The summed E-state index contributed by atoms with van der Waals surface area (Å²) in [6.45, 7) is 9.96. The molecule has 0 atom stereocenters. The van der Waals surface area contributed by atoms with Gasteiger partial charge in [-0.2, -0.15) is 4.31 Å². The molecule has 0 radical (unpaired) electrons. The highest BCUT2D eigenvalue weighted by Crippen LogP contribution is 2.17. The molecule has 0 aromatic heterocycles. The van der Waals surface area contributed by atoms with Gasteiger partial charge in [0.1, 0.15) is 0 Å². The summed E-state index contributed by atoms with van der Waals surface area (Å²) < 4.78 is 32.0. The van der Waals surface area contributed by atoms with Gasteiger partial charge in [0.05, 0.1) is 19.0 Å². The second-order valence-electron chi connectivity index (χ2n) is 7.20. The van der Waals surface area contributed by atoms with Crippen LogP contribution in [-0.4, -0.2) is 45.6 Å². The van der Waals surface area contributed by atoms with Crippen LogP contribution < -0.4 is 5.32 Å². The van der Waals surface area contributed by atoms with Gasteiger partial charge >= 0.3 is 0 Å². The highest BCUT2D eigenvalue weighted by atomic mass is 32.2. The number of nitrogens with zero attached hydrogens (tertiary/aromatic N) is 1. The Balaban J connectivity index is 2.04. The highest BCUT2D eigenvalue weighted by molar-refractivity contribution is 7.88. The summed E-state index contributed by atoms with van der Waals surface area (Å²) in [5.41, 5.74) is 2.13. The molecule has 1 fully saturated rings. The largest absolute Gasteiger partial charge is 0.379 e. The summed E-state index contributed by atoms with van der Waals surface area (Å²) in [5.74, 6) is 0.0559. The van der Waals surface area contributed by atoms with Crippen molar-refractivity contribution in [3.05, 3.63) is 35.4 Å². The van der Waals surface area contributed by atoms with Crippen LogP contribution in [0.3, 0.4) is 0 Å². The Morgan fingerprint density at radius 2 is 1.74 bits per heavy atom. The van der Waals surface area contributed by atoms with Crippen molar-refractivity contribution in [3.63, 3.8) is 0 Å². The molecule has 1 N–H and O–H groups in total. The molecule has 5 nitrogen and oxygen atoms in total. The van der Waals surface area contributed by atoms with E-state index in [1.165, 1.54) is 4.31 Å². The standard InChI is InChI=1S/C17H28N2O3S/c1-17(2,3)14-18-12-15-6-4-5-7-16(15)13-23(20,21)19-8-10-22-11-9-19/h4-7,18H,8-14H2,1-3H3. The Kier molecular flexibility index (Phi) is 6.19. The zero-order chi connectivity index (χ0) is 16.9. The van der Waals surface area contributed by atoms with Crippen molar-refractivity contribution in [2.75, 3.05) is 32.8 Å². The van der Waals surface area contributed by atoms with E-state index in [1.807, 2.05) is 24.3 Å². The molecule has 23 heavy (non-hydrogen) atoms. The Morgan fingerprint density at radius 1 is 1.13 bits per heavy atom. The number of hydrogen-bond donors (Lipinski definition) is 1. The molecule has 1 aromatic carbocycles. The molecule has 1 saturated heterocycles. The lowest BCUT2D eigenvalue weighted by molar-refractivity contribution is 0.0729. The first-order chi connectivity index (χ1) is 10.8. The molecular weight excluding hydrogens is 312 g/mol. The van der Waals surface area contributed by atoms with Crippen molar-refractivity contribution in [2.24, 2.45) is 5.41 Å². The monoisotopic (exact) mass is 340 g/mol. The third kappa shape index (κ3) is 5.88. The molecule has 0 saturated carbocycles. The number of nitrogens with one attached hydrogen (secondary N) is 1. The summed E-state index contributed by atoms with van der Waals surface area (Å²) in [4.78, 5) is 0. The van der Waals surface area contributed by atoms with Crippen LogP contribution in [-0.2, 0) is 27.1 Å². The summed E-state index contributed by atoms with van der Waals surface area (Å²) in [6, 6.07) is 7.77. The maximum absolute atomic E-state index is 12.6. The van der Waals surface area contributed by atoms with Crippen LogP contribution >= 0.6 is 0 Å². The van der Waals surface area contributed by atoms with E-state index in [4.69, 9.17) is 4.74 Å². The minimum absolute atomic E-state index is 0.0559. The first kappa shape index (κ1) is 18.4. The van der Waals surface area contributed by atoms with Gasteiger partial charge in [-0.25, -0.2) is 8.42 Å². The maximum atomic E-state index is 12.6. The average Bonchev–Trinajstić information content (AvgIpc) is 2.48. The van der Waals surface area contributed by atoms with E-state index in [2.05, 4.69) is 26.1 Å². The van der Waals surface area contributed by atoms with Crippen LogP contribution in [0.15, 0.2) is 24.3 Å². The predicted molar refractivity (Wildman–Crippen MR) is 92.6 cm³/mol. The molecule has 6 heteroatoms. The third-order valence-corrected chi connectivity index (χ3v) is 5.62. The van der Waals surface area contributed by atoms with Crippen LogP contribution in [0.25, 0.3) is 0 Å². The van der Waals surface area contributed by atoms with Crippen LogP contribution in [0.2, 0.25) is 0 Å². The van der Waals surface area contributed by atoms with Gasteiger partial charge in [0.25, 0.3) is 0 Å². The lowest BCUT2D eigenvalue weighted by atomic mass is 9.97. The van der Waals surface area contributed by atoms with Gasteiger partial charge < -0.3 is 10.1 Å². The number of hydrogen-bond acceptors (Lipinski definition) is 4. The second-order valence-corrected chi connectivity index (χ2v) is 9.17. The molecule has 1 aromatic rings. The zero-order valence-corrected chi connectivity index (χ0v) is 15.2. The van der Waals surface area contributed by atoms with Crippen LogP contribution in [0.5, 0.6) is 0 Å². The Labute approximate surface area is 140 Å². The predicted octanol–water partition coefficient (Wildman–Crippen LogP) is 1.98. The van der Waals surface area contributed by atoms with Crippen molar-refractivity contribution in [2.45, 2.75) is 33.1 Å². The fourth-order valence-corrected chi connectivity index (χ4v) is 4.12. The molecule has 0 bridgehead atoms. The molecule has 0 aliphatic carbocycles. The number of morpholine rings is 1. The topological polar surface area (TPSA) is 58.6 Å². The summed E-state index contributed by atoms with van der Waals surface area (Å²) in [7, 11) is -3.29. The normalized spacial score (nSPS) is 17.3. The minimum Gasteiger partial charge on any atom is -0.379 e. The molecule has 0 unspecified atom stereocenters. The summed E-state index contributed by atoms with van der Waals surface area (Å²) in [5, 5.41) is 3.42. The van der Waals surface area contributed by atoms with Crippen molar-refractivity contribution in [1.82, 2.24) is 9.62 Å². The van der Waals surface area contributed by atoms with Gasteiger partial charge in [-0.1, -0.05) is 45.0 Å². The summed E-state index contributed by atoms with van der Waals surface area (Å²) >= 11 is 0. The van der Waals surface area contributed by atoms with Gasteiger partial charge in [-0.15, -0.1) is 0 Å². The highest BCUT2D eigenvalue weighted by Gasteiger charge is 2.25. The second kappa shape index (κ2) is 7.75. The first-order valence-electron chi connectivity index (χ1n) is 8.11. The van der Waals surface area contributed by atoms with Crippen LogP contribution in [0, 0.1) is 5.41 Å². The fourth-order valence-electron chi connectivity index (χ4n) is 2.56. The van der Waals surface area contributed by atoms with Crippen molar-refractivity contribution >= 4 is 10.0 Å². The molecular formula is C17H28N2O3S. The van der Waals surface area contributed by atoms with E-state index in [0.29, 0.717) is 32.8 Å². The molecule has 130 valence electrons. The van der Waals surface area contributed by atoms with E-state index in [0.717, 1.165) is 17.7 Å². The number of rotatable bonds is 6. The Bertz CT molecular complexity index is 603. The van der Waals surface area contributed by atoms with Gasteiger partial charge in [0.2, 0.25) is 10.0 Å². The molecule has 0 spiro atoms. The van der Waals surface area contributed by atoms with Gasteiger partial charge in [-0.3, -0.25) is 0 Å². The van der Waals surface area contributed by atoms with E-state index in [1.54, 1.807) is 0 Å². The number of ether oxygens (including phenoxy) is 1. The van der Waals surface area contributed by atoms with E-state index in [9.17, 15) is 8.42 Å². The smallest absolute Gasteiger partial charge is 0.218 e. The molecule has 0 amide bonds. The van der Waals surface area contributed by atoms with Gasteiger partial charge in [-0.05, 0) is 16.5 Å².